The van der Waals surface area contributed by atoms with Crippen LogP contribution in [-0.2, 0) is 17.9 Å². The first-order chi connectivity index (χ1) is 13.6. The van der Waals surface area contributed by atoms with Crippen molar-refractivity contribution in [3.8, 4) is 0 Å². The van der Waals surface area contributed by atoms with Gasteiger partial charge in [-0.05, 0) is 49.0 Å². The maximum Gasteiger partial charge on any atom is 0.0845 e. The number of nitrogens with zero attached hydrogens (tertiary/aromatic N) is 1. The Hall–Kier alpha value is -1.68. The van der Waals surface area contributed by atoms with Crippen molar-refractivity contribution in [3.63, 3.8) is 0 Å². The van der Waals surface area contributed by atoms with Gasteiger partial charge in [0.25, 0.3) is 0 Å². The fraction of sp³-hybridized carbons (Fsp3) is 0.360. The Balaban J connectivity index is 1.56. The number of rotatable bonds is 5. The minimum absolute atomic E-state index is 0.150. The predicted octanol–water partition coefficient (Wildman–Crippen LogP) is 6.23. The number of ether oxygens (including phenoxy) is 1. The van der Waals surface area contributed by atoms with Gasteiger partial charge in [-0.3, -0.25) is 4.90 Å². The number of hydrogen-bond acceptors (Lipinski definition) is 2. The molecule has 0 fully saturated rings. The van der Waals surface area contributed by atoms with Crippen LogP contribution in [-0.4, -0.2) is 23.1 Å². The van der Waals surface area contributed by atoms with Crippen LogP contribution in [0.15, 0.2) is 82.4 Å². The van der Waals surface area contributed by atoms with Crippen LogP contribution in [0, 0.1) is 0 Å². The van der Waals surface area contributed by atoms with Gasteiger partial charge in [0, 0.05) is 23.1 Å². The summed E-state index contributed by atoms with van der Waals surface area (Å²) in [6, 6.07) is 22.1. The zero-order valence-corrected chi connectivity index (χ0v) is 18.2. The SMILES string of the molecule is CC1CC2=C(C(OCc3ccccc3)CC=C2Br)[C@@H](C)N1Cc1ccccc1. The Morgan fingerprint density at radius 3 is 2.29 bits per heavy atom. The van der Waals surface area contributed by atoms with Crippen LogP contribution in [0.4, 0.5) is 0 Å². The molecular weight excluding hydrogens is 410 g/mol. The van der Waals surface area contributed by atoms with Gasteiger partial charge < -0.3 is 4.74 Å². The lowest BCUT2D eigenvalue weighted by Gasteiger charge is -2.45. The third kappa shape index (κ3) is 4.17. The maximum atomic E-state index is 6.44. The summed E-state index contributed by atoms with van der Waals surface area (Å²) < 4.78 is 7.71. The molecule has 3 atom stereocenters. The van der Waals surface area contributed by atoms with Crippen LogP contribution >= 0.6 is 15.9 Å². The fourth-order valence-corrected chi connectivity index (χ4v) is 5.10. The van der Waals surface area contributed by atoms with Crippen molar-refractivity contribution in [1.82, 2.24) is 4.90 Å². The standard InChI is InChI=1S/C25H28BrNO/c1-18-15-22-23(26)13-14-24(28-17-21-11-7-4-8-12-21)25(22)19(2)27(18)16-20-9-5-3-6-10-20/h3-13,18-19,24H,14-17H2,1-2H3/t18?,19-,24?/m1/s1. The molecule has 2 aromatic carbocycles. The van der Waals surface area contributed by atoms with Gasteiger partial charge in [0.15, 0.2) is 0 Å². The first-order valence-electron chi connectivity index (χ1n) is 10.2. The van der Waals surface area contributed by atoms with Gasteiger partial charge in [0.1, 0.15) is 0 Å². The van der Waals surface area contributed by atoms with Crippen molar-refractivity contribution in [1.29, 1.82) is 0 Å². The minimum Gasteiger partial charge on any atom is -0.369 e. The lowest BCUT2D eigenvalue weighted by Crippen LogP contribution is -2.48. The Bertz CT molecular complexity index is 859. The molecule has 2 unspecified atom stereocenters. The molecule has 0 aromatic heterocycles. The van der Waals surface area contributed by atoms with Crippen LogP contribution < -0.4 is 0 Å². The summed E-state index contributed by atoms with van der Waals surface area (Å²) in [4.78, 5) is 2.62. The summed E-state index contributed by atoms with van der Waals surface area (Å²) in [7, 11) is 0. The number of halogens is 1. The van der Waals surface area contributed by atoms with Gasteiger partial charge >= 0.3 is 0 Å². The molecule has 1 aliphatic carbocycles. The maximum absolute atomic E-state index is 6.44. The molecule has 0 saturated heterocycles. The van der Waals surface area contributed by atoms with Crippen LogP contribution in [0.5, 0.6) is 0 Å². The monoisotopic (exact) mass is 437 g/mol. The second kappa shape index (κ2) is 8.77. The first-order valence-corrected chi connectivity index (χ1v) is 11.0. The molecule has 2 aliphatic rings. The van der Waals surface area contributed by atoms with Crippen LogP contribution in [0.2, 0.25) is 0 Å². The molecule has 146 valence electrons. The van der Waals surface area contributed by atoms with Gasteiger partial charge in [-0.1, -0.05) is 82.7 Å². The van der Waals surface area contributed by atoms with E-state index >= 15 is 0 Å². The average molecular weight is 438 g/mol. The molecule has 0 amide bonds. The summed E-state index contributed by atoms with van der Waals surface area (Å²) in [5.41, 5.74) is 5.52. The Labute approximate surface area is 177 Å². The molecule has 3 heteroatoms. The molecule has 1 heterocycles. The fourth-order valence-electron chi connectivity index (χ4n) is 4.52. The van der Waals surface area contributed by atoms with E-state index in [1.165, 1.54) is 26.8 Å². The zero-order chi connectivity index (χ0) is 19.5. The van der Waals surface area contributed by atoms with E-state index < -0.39 is 0 Å². The van der Waals surface area contributed by atoms with Gasteiger partial charge in [-0.2, -0.15) is 0 Å². The van der Waals surface area contributed by atoms with Crippen LogP contribution in [0.3, 0.4) is 0 Å². The lowest BCUT2D eigenvalue weighted by atomic mass is 9.82. The summed E-state index contributed by atoms with van der Waals surface area (Å²) in [6.07, 6.45) is 4.44. The molecule has 1 aliphatic heterocycles. The molecule has 28 heavy (non-hydrogen) atoms. The minimum atomic E-state index is 0.150. The lowest BCUT2D eigenvalue weighted by molar-refractivity contribution is 0.0413. The van der Waals surface area contributed by atoms with Crippen molar-refractivity contribution in [2.24, 2.45) is 0 Å². The molecule has 2 aromatic rings. The van der Waals surface area contributed by atoms with Crippen LogP contribution in [0.25, 0.3) is 0 Å². The second-order valence-electron chi connectivity index (χ2n) is 7.89. The molecule has 0 bridgehead atoms. The highest BCUT2D eigenvalue weighted by Crippen LogP contribution is 2.42. The van der Waals surface area contributed by atoms with E-state index in [0.717, 1.165) is 19.4 Å². The van der Waals surface area contributed by atoms with E-state index in [2.05, 4.69) is 101 Å². The quantitative estimate of drug-likeness (QED) is 0.549. The highest BCUT2D eigenvalue weighted by Gasteiger charge is 2.37. The third-order valence-electron chi connectivity index (χ3n) is 6.01. The number of hydrogen-bond donors (Lipinski definition) is 0. The van der Waals surface area contributed by atoms with E-state index in [4.69, 9.17) is 4.74 Å². The summed E-state index contributed by atoms with van der Waals surface area (Å²) in [5.74, 6) is 0. The average Bonchev–Trinajstić information content (AvgIpc) is 2.72. The summed E-state index contributed by atoms with van der Waals surface area (Å²) in [6.45, 7) is 6.33. The van der Waals surface area contributed by atoms with E-state index in [9.17, 15) is 0 Å². The van der Waals surface area contributed by atoms with Crippen molar-refractivity contribution >= 4 is 15.9 Å². The van der Waals surface area contributed by atoms with Gasteiger partial charge in [0.2, 0.25) is 0 Å². The van der Waals surface area contributed by atoms with Crippen molar-refractivity contribution in [2.45, 2.75) is 58.0 Å². The van der Waals surface area contributed by atoms with Gasteiger partial charge in [-0.25, -0.2) is 0 Å². The smallest absolute Gasteiger partial charge is 0.0845 e. The highest BCUT2D eigenvalue weighted by atomic mass is 79.9. The molecule has 0 N–H and O–H groups in total. The van der Waals surface area contributed by atoms with E-state index in [0.29, 0.717) is 18.7 Å². The van der Waals surface area contributed by atoms with Crippen LogP contribution in [0.1, 0.15) is 37.8 Å². The number of benzene rings is 2. The summed E-state index contributed by atoms with van der Waals surface area (Å²) >= 11 is 3.82. The van der Waals surface area contributed by atoms with E-state index in [1.54, 1.807) is 0 Å². The second-order valence-corrected chi connectivity index (χ2v) is 8.75. The summed E-state index contributed by atoms with van der Waals surface area (Å²) in [5, 5.41) is 0. The van der Waals surface area contributed by atoms with Crippen molar-refractivity contribution in [3.05, 3.63) is 93.5 Å². The first kappa shape index (κ1) is 19.6. The molecule has 4 rings (SSSR count). The Kier molecular flexibility index (Phi) is 6.15. The predicted molar refractivity (Wildman–Crippen MR) is 119 cm³/mol. The van der Waals surface area contributed by atoms with Gasteiger partial charge in [-0.15, -0.1) is 0 Å². The van der Waals surface area contributed by atoms with Gasteiger partial charge in [0.05, 0.1) is 12.7 Å². The highest BCUT2D eigenvalue weighted by molar-refractivity contribution is 9.12. The Morgan fingerprint density at radius 1 is 0.964 bits per heavy atom. The normalized spacial score (nSPS) is 25.4. The van der Waals surface area contributed by atoms with E-state index in [-0.39, 0.29) is 6.10 Å². The molecular formula is C25H28BrNO. The van der Waals surface area contributed by atoms with Crippen molar-refractivity contribution < 1.29 is 4.74 Å². The zero-order valence-electron chi connectivity index (χ0n) is 16.6. The van der Waals surface area contributed by atoms with E-state index in [1.807, 2.05) is 0 Å². The van der Waals surface area contributed by atoms with Crippen molar-refractivity contribution in [2.75, 3.05) is 0 Å². The number of allylic oxidation sites excluding steroid dienone is 1. The molecule has 0 spiro atoms. The molecule has 2 nitrogen and oxygen atoms in total. The largest absolute Gasteiger partial charge is 0.369 e. The third-order valence-corrected chi connectivity index (χ3v) is 6.81. The molecule has 0 saturated carbocycles. The Morgan fingerprint density at radius 2 is 1.61 bits per heavy atom. The topological polar surface area (TPSA) is 12.5 Å². The molecule has 0 radical (unpaired) electrons.